The Labute approximate surface area is 160 Å². The number of nitrogens with zero attached hydrogens (tertiary/aromatic N) is 2. The summed E-state index contributed by atoms with van der Waals surface area (Å²) >= 11 is 0. The highest BCUT2D eigenvalue weighted by atomic mass is 35.5. The van der Waals surface area contributed by atoms with E-state index >= 15 is 0 Å². The molecule has 1 amide bonds. The number of amides is 1. The number of anilines is 1. The van der Waals surface area contributed by atoms with E-state index in [0.717, 1.165) is 24.5 Å². The van der Waals surface area contributed by atoms with E-state index in [1.165, 1.54) is 0 Å². The molecule has 3 rings (SSSR count). The van der Waals surface area contributed by atoms with Crippen molar-refractivity contribution in [2.75, 3.05) is 18.4 Å². The lowest BCUT2D eigenvalue weighted by atomic mass is 9.87. The van der Waals surface area contributed by atoms with Crippen molar-refractivity contribution in [3.8, 4) is 5.75 Å². The molecule has 2 heterocycles. The Balaban J connectivity index is 0.00000243. The molecule has 0 spiro atoms. The molecule has 0 atom stereocenters. The quantitative estimate of drug-likeness (QED) is 0.857. The van der Waals surface area contributed by atoms with E-state index in [2.05, 4.69) is 15.7 Å². The predicted molar refractivity (Wildman–Crippen MR) is 105 cm³/mol. The van der Waals surface area contributed by atoms with Crippen LogP contribution in [0, 0.1) is 0 Å². The number of carbonyl (C=O) groups is 1. The van der Waals surface area contributed by atoms with Crippen LogP contribution < -0.4 is 15.4 Å². The third-order valence-electron chi connectivity index (χ3n) is 4.33. The highest BCUT2D eigenvalue weighted by molar-refractivity contribution is 5.96. The highest BCUT2D eigenvalue weighted by Gasteiger charge is 2.42. The van der Waals surface area contributed by atoms with Crippen LogP contribution in [-0.4, -0.2) is 34.4 Å². The molecule has 1 saturated heterocycles. The molecule has 0 aliphatic carbocycles. The van der Waals surface area contributed by atoms with Gasteiger partial charge in [0.2, 0.25) is 0 Å². The number of hydrogen-bond acceptors (Lipinski definition) is 4. The monoisotopic (exact) mass is 378 g/mol. The maximum atomic E-state index is 13.1. The molecule has 1 aliphatic heterocycles. The molecule has 0 radical (unpaired) electrons. The van der Waals surface area contributed by atoms with Gasteiger partial charge in [0, 0.05) is 18.1 Å². The fourth-order valence-corrected chi connectivity index (χ4v) is 3.13. The van der Waals surface area contributed by atoms with Crippen molar-refractivity contribution in [2.45, 2.75) is 44.8 Å². The lowest BCUT2D eigenvalue weighted by molar-refractivity contribution is -0.126. The van der Waals surface area contributed by atoms with E-state index in [1.807, 2.05) is 57.3 Å². The van der Waals surface area contributed by atoms with Gasteiger partial charge >= 0.3 is 0 Å². The van der Waals surface area contributed by atoms with Gasteiger partial charge in [-0.05, 0) is 77.0 Å². The molecule has 1 fully saturated rings. The smallest absolute Gasteiger partial charge is 0.252 e. The average molecular weight is 379 g/mol. The average Bonchev–Trinajstić information content (AvgIpc) is 3.11. The Morgan fingerprint density at radius 1 is 1.23 bits per heavy atom. The topological polar surface area (TPSA) is 68.2 Å². The summed E-state index contributed by atoms with van der Waals surface area (Å²) < 4.78 is 7.61. The number of rotatable bonds is 4. The van der Waals surface area contributed by atoms with Crippen molar-refractivity contribution >= 4 is 24.0 Å². The molecule has 2 aromatic rings. The Hall–Kier alpha value is -2.05. The summed E-state index contributed by atoms with van der Waals surface area (Å²) in [4.78, 5) is 13.1. The fourth-order valence-electron chi connectivity index (χ4n) is 3.13. The zero-order valence-electron chi connectivity index (χ0n) is 15.5. The van der Waals surface area contributed by atoms with Crippen LogP contribution in [0.15, 0.2) is 42.7 Å². The number of piperidine rings is 1. The van der Waals surface area contributed by atoms with Gasteiger partial charge in [0.05, 0.1) is 0 Å². The van der Waals surface area contributed by atoms with Crippen LogP contribution in [0.2, 0.25) is 0 Å². The van der Waals surface area contributed by atoms with E-state index in [1.54, 1.807) is 10.9 Å². The van der Waals surface area contributed by atoms with E-state index in [9.17, 15) is 4.79 Å². The normalized spacial score (nSPS) is 16.4. The Morgan fingerprint density at radius 3 is 2.42 bits per heavy atom. The number of nitrogens with one attached hydrogen (secondary N) is 2. The van der Waals surface area contributed by atoms with Gasteiger partial charge in [0.25, 0.3) is 5.91 Å². The fraction of sp³-hybridized carbons (Fsp3) is 0.474. The van der Waals surface area contributed by atoms with Gasteiger partial charge < -0.3 is 15.4 Å². The minimum Gasteiger partial charge on any atom is -0.488 e. The first-order valence-corrected chi connectivity index (χ1v) is 8.70. The second-order valence-electron chi connectivity index (χ2n) is 7.43. The molecular formula is C19H27ClN4O2. The van der Waals surface area contributed by atoms with Crippen LogP contribution in [0.5, 0.6) is 5.75 Å². The van der Waals surface area contributed by atoms with Gasteiger partial charge in [-0.1, -0.05) is 0 Å². The third kappa shape index (κ3) is 4.56. The van der Waals surface area contributed by atoms with Crippen molar-refractivity contribution in [1.82, 2.24) is 15.1 Å². The van der Waals surface area contributed by atoms with Crippen molar-refractivity contribution in [3.63, 3.8) is 0 Å². The van der Waals surface area contributed by atoms with Gasteiger partial charge in [-0.25, -0.2) is 0 Å². The summed E-state index contributed by atoms with van der Waals surface area (Å²) in [5.74, 6) is 0.761. The minimum absolute atomic E-state index is 0. The number of ether oxygens (including phenoxy) is 1. The summed E-state index contributed by atoms with van der Waals surface area (Å²) in [6.07, 6.45) is 5.01. The predicted octanol–water partition coefficient (Wildman–Crippen LogP) is 3.20. The minimum atomic E-state index is -0.644. The maximum absolute atomic E-state index is 13.1. The zero-order valence-corrected chi connectivity index (χ0v) is 16.3. The molecule has 1 aromatic carbocycles. The molecule has 1 aliphatic rings. The molecule has 6 nitrogen and oxygen atoms in total. The van der Waals surface area contributed by atoms with E-state index < -0.39 is 5.54 Å². The van der Waals surface area contributed by atoms with Gasteiger partial charge in [-0.2, -0.15) is 5.10 Å². The van der Waals surface area contributed by atoms with Crippen molar-refractivity contribution in [3.05, 3.63) is 42.7 Å². The molecule has 1 aromatic heterocycles. The van der Waals surface area contributed by atoms with Gasteiger partial charge in [-0.15, -0.1) is 12.4 Å². The van der Waals surface area contributed by atoms with Crippen LogP contribution in [0.4, 0.5) is 5.69 Å². The van der Waals surface area contributed by atoms with E-state index in [0.29, 0.717) is 12.8 Å². The van der Waals surface area contributed by atoms with Crippen LogP contribution in [0.3, 0.4) is 0 Å². The second kappa shape index (κ2) is 8.10. The Bertz CT molecular complexity index is 702. The Morgan fingerprint density at radius 2 is 1.88 bits per heavy atom. The molecule has 0 saturated carbocycles. The summed E-state index contributed by atoms with van der Waals surface area (Å²) in [5.41, 5.74) is -0.129. The highest BCUT2D eigenvalue weighted by Crippen LogP contribution is 2.29. The molecule has 142 valence electrons. The van der Waals surface area contributed by atoms with Crippen LogP contribution in [-0.2, 0) is 10.3 Å². The van der Waals surface area contributed by atoms with E-state index in [-0.39, 0.29) is 23.9 Å². The van der Waals surface area contributed by atoms with Crippen LogP contribution in [0.1, 0.15) is 33.6 Å². The third-order valence-corrected chi connectivity index (χ3v) is 4.33. The lowest BCUT2D eigenvalue weighted by Gasteiger charge is -2.36. The second-order valence-corrected chi connectivity index (χ2v) is 7.43. The summed E-state index contributed by atoms with van der Waals surface area (Å²) in [5, 5.41) is 10.7. The molecule has 26 heavy (non-hydrogen) atoms. The first kappa shape index (κ1) is 20.3. The molecular weight excluding hydrogens is 352 g/mol. The van der Waals surface area contributed by atoms with Crippen LogP contribution in [0.25, 0.3) is 0 Å². The summed E-state index contributed by atoms with van der Waals surface area (Å²) in [6.45, 7) is 7.62. The lowest BCUT2D eigenvalue weighted by Crippen LogP contribution is -2.52. The van der Waals surface area contributed by atoms with Crippen LogP contribution >= 0.6 is 12.4 Å². The number of hydrogen-bond donors (Lipinski definition) is 2. The first-order chi connectivity index (χ1) is 11.9. The molecule has 0 bridgehead atoms. The van der Waals surface area contributed by atoms with Gasteiger partial charge in [0.15, 0.2) is 0 Å². The maximum Gasteiger partial charge on any atom is 0.252 e. The van der Waals surface area contributed by atoms with Crippen molar-refractivity contribution in [2.24, 2.45) is 0 Å². The number of halogens is 1. The number of benzene rings is 1. The van der Waals surface area contributed by atoms with Gasteiger partial charge in [0.1, 0.15) is 16.9 Å². The number of aromatic nitrogens is 2. The largest absolute Gasteiger partial charge is 0.488 e. The SMILES string of the molecule is CC(C)(C)Oc1ccc(NC(=O)C2(n3cccn3)CCNCC2)cc1.Cl. The van der Waals surface area contributed by atoms with Gasteiger partial charge in [-0.3, -0.25) is 9.48 Å². The molecule has 2 N–H and O–H groups in total. The zero-order chi connectivity index (χ0) is 17.9. The van der Waals surface area contributed by atoms with Crippen molar-refractivity contribution in [1.29, 1.82) is 0 Å². The summed E-state index contributed by atoms with van der Waals surface area (Å²) in [7, 11) is 0. The summed E-state index contributed by atoms with van der Waals surface area (Å²) in [6, 6.07) is 9.36. The standard InChI is InChI=1S/C19H26N4O2.ClH/c1-18(2,3)25-16-7-5-15(6-8-16)22-17(24)19(9-12-20-13-10-19)23-14-4-11-21-23;/h4-8,11,14,20H,9-10,12-13H2,1-3H3,(H,22,24);1H. The van der Waals surface area contributed by atoms with E-state index in [4.69, 9.17) is 4.74 Å². The molecule has 7 heteroatoms. The van der Waals surface area contributed by atoms with Crippen molar-refractivity contribution < 1.29 is 9.53 Å². The first-order valence-electron chi connectivity index (χ1n) is 8.70. The molecule has 0 unspecified atom stereocenters. The Kier molecular flexibility index (Phi) is 6.31. The number of carbonyl (C=O) groups excluding carboxylic acids is 1.